The standard InChI is InChI=1S/C30H20/c1-4-10-25(11-5-1)16-19-28-22-29(20-17-26-12-6-2-7-13-26)24-30(23-28)21-18-27-14-8-3-9-15-27/h1-16,19,22-24H. The molecule has 0 aliphatic carbocycles. The van der Waals surface area contributed by atoms with E-state index < -0.39 is 0 Å². The quantitative estimate of drug-likeness (QED) is 0.269. The fourth-order valence-corrected chi connectivity index (χ4v) is 2.98. The van der Waals surface area contributed by atoms with Gasteiger partial charge in [-0.1, -0.05) is 103 Å². The molecule has 4 rings (SSSR count). The lowest BCUT2D eigenvalue weighted by molar-refractivity contribution is 1.56. The van der Waals surface area contributed by atoms with Crippen molar-refractivity contribution in [2.75, 3.05) is 0 Å². The molecule has 0 atom stereocenters. The van der Waals surface area contributed by atoms with E-state index >= 15 is 0 Å². The molecule has 0 nitrogen and oxygen atoms in total. The van der Waals surface area contributed by atoms with E-state index in [9.17, 15) is 0 Å². The third-order valence-corrected chi connectivity index (χ3v) is 4.47. The fourth-order valence-electron chi connectivity index (χ4n) is 2.98. The van der Waals surface area contributed by atoms with Crippen molar-refractivity contribution in [3.8, 4) is 23.7 Å². The second kappa shape index (κ2) is 9.79. The van der Waals surface area contributed by atoms with Crippen LogP contribution in [0.1, 0.15) is 33.4 Å². The van der Waals surface area contributed by atoms with Crippen LogP contribution < -0.4 is 0 Å². The maximum atomic E-state index is 3.29. The maximum absolute atomic E-state index is 3.29. The van der Waals surface area contributed by atoms with Crippen LogP contribution in [0, 0.1) is 23.7 Å². The smallest absolute Gasteiger partial charge is 0.0267 e. The lowest BCUT2D eigenvalue weighted by Gasteiger charge is -2.00. The molecule has 0 saturated heterocycles. The number of rotatable bonds is 2. The van der Waals surface area contributed by atoms with Crippen LogP contribution in [0.15, 0.2) is 109 Å². The zero-order chi connectivity index (χ0) is 20.4. The third-order valence-electron chi connectivity index (χ3n) is 4.47. The molecule has 30 heavy (non-hydrogen) atoms. The van der Waals surface area contributed by atoms with Gasteiger partial charge in [-0.3, -0.25) is 0 Å². The maximum Gasteiger partial charge on any atom is 0.0267 e. The summed E-state index contributed by atoms with van der Waals surface area (Å²) in [6.07, 6.45) is 4.22. The lowest BCUT2D eigenvalue weighted by atomic mass is 10.0. The Kier molecular flexibility index (Phi) is 6.22. The van der Waals surface area contributed by atoms with Gasteiger partial charge in [0.1, 0.15) is 0 Å². The van der Waals surface area contributed by atoms with Crippen molar-refractivity contribution in [3.05, 3.63) is 143 Å². The molecule has 0 N–H and O–H groups in total. The Bertz CT molecular complexity index is 1180. The molecule has 0 aliphatic rings. The normalized spacial score (nSPS) is 10.0. The summed E-state index contributed by atoms with van der Waals surface area (Å²) >= 11 is 0. The van der Waals surface area contributed by atoms with Gasteiger partial charge in [0.05, 0.1) is 0 Å². The van der Waals surface area contributed by atoms with E-state index in [1.54, 1.807) is 0 Å². The molecule has 0 bridgehead atoms. The fraction of sp³-hybridized carbons (Fsp3) is 0. The molecule has 0 heteroatoms. The SMILES string of the molecule is C(#Cc1cc(C#Cc2ccccc2)cc(C=Cc2ccccc2)c1)c1ccccc1. The van der Waals surface area contributed by atoms with Crippen LogP contribution in [-0.4, -0.2) is 0 Å². The summed E-state index contributed by atoms with van der Waals surface area (Å²) in [6.45, 7) is 0. The summed E-state index contributed by atoms with van der Waals surface area (Å²) in [5, 5.41) is 0. The first-order valence-electron chi connectivity index (χ1n) is 9.87. The summed E-state index contributed by atoms with van der Waals surface area (Å²) in [5.41, 5.74) is 6.14. The van der Waals surface area contributed by atoms with Crippen molar-refractivity contribution in [2.24, 2.45) is 0 Å². The van der Waals surface area contributed by atoms with Crippen molar-refractivity contribution < 1.29 is 0 Å². The molecule has 140 valence electrons. The van der Waals surface area contributed by atoms with E-state index in [0.29, 0.717) is 0 Å². The Balaban J connectivity index is 1.69. The van der Waals surface area contributed by atoms with Gasteiger partial charge in [-0.2, -0.15) is 0 Å². The molecule has 0 aromatic heterocycles. The summed E-state index contributed by atoms with van der Waals surface area (Å²) in [5.74, 6) is 13.1. The largest absolute Gasteiger partial charge is 0.0622 e. The predicted molar refractivity (Wildman–Crippen MR) is 127 cm³/mol. The molecule has 0 heterocycles. The molecule has 0 saturated carbocycles. The van der Waals surface area contributed by atoms with E-state index in [2.05, 4.69) is 60.1 Å². The van der Waals surface area contributed by atoms with Crippen LogP contribution >= 0.6 is 0 Å². The van der Waals surface area contributed by atoms with Gasteiger partial charge in [-0.25, -0.2) is 0 Å². The van der Waals surface area contributed by atoms with Crippen LogP contribution in [0.4, 0.5) is 0 Å². The van der Waals surface area contributed by atoms with E-state index in [-0.39, 0.29) is 0 Å². The summed E-state index contributed by atoms with van der Waals surface area (Å²) in [4.78, 5) is 0. The molecule has 0 amide bonds. The minimum atomic E-state index is 0.950. The average Bonchev–Trinajstić information content (AvgIpc) is 2.82. The first kappa shape index (κ1) is 19.1. The monoisotopic (exact) mass is 380 g/mol. The Labute approximate surface area is 178 Å². The Morgan fingerprint density at radius 1 is 0.367 bits per heavy atom. The Morgan fingerprint density at radius 3 is 1.27 bits per heavy atom. The highest BCUT2D eigenvalue weighted by atomic mass is 14.0. The van der Waals surface area contributed by atoms with Gasteiger partial charge in [0, 0.05) is 22.3 Å². The van der Waals surface area contributed by atoms with Crippen molar-refractivity contribution >= 4 is 12.2 Å². The zero-order valence-electron chi connectivity index (χ0n) is 16.5. The van der Waals surface area contributed by atoms with Crippen molar-refractivity contribution in [1.82, 2.24) is 0 Å². The molecular formula is C30H20. The van der Waals surface area contributed by atoms with Crippen LogP contribution in [0.2, 0.25) is 0 Å². The van der Waals surface area contributed by atoms with E-state index in [1.165, 1.54) is 0 Å². The minimum absolute atomic E-state index is 0.950. The average molecular weight is 380 g/mol. The summed E-state index contributed by atoms with van der Waals surface area (Å²) in [7, 11) is 0. The minimum Gasteiger partial charge on any atom is -0.0622 e. The van der Waals surface area contributed by atoms with Gasteiger partial charge in [0.2, 0.25) is 0 Å². The van der Waals surface area contributed by atoms with Gasteiger partial charge in [-0.05, 0) is 53.6 Å². The molecule has 0 aliphatic heterocycles. The van der Waals surface area contributed by atoms with E-state index in [0.717, 1.165) is 33.4 Å². The molecule has 0 fully saturated rings. The van der Waals surface area contributed by atoms with Crippen molar-refractivity contribution in [3.63, 3.8) is 0 Å². The number of hydrogen-bond acceptors (Lipinski definition) is 0. The van der Waals surface area contributed by atoms with Crippen LogP contribution in [0.5, 0.6) is 0 Å². The predicted octanol–water partition coefficient (Wildman–Crippen LogP) is 6.66. The molecule has 0 radical (unpaired) electrons. The molecule has 4 aromatic carbocycles. The van der Waals surface area contributed by atoms with Crippen LogP contribution in [-0.2, 0) is 0 Å². The first-order valence-corrected chi connectivity index (χ1v) is 9.87. The highest BCUT2D eigenvalue weighted by Gasteiger charge is 1.97. The number of hydrogen-bond donors (Lipinski definition) is 0. The van der Waals surface area contributed by atoms with Crippen LogP contribution in [0.25, 0.3) is 12.2 Å². The van der Waals surface area contributed by atoms with Crippen molar-refractivity contribution in [2.45, 2.75) is 0 Å². The highest BCUT2D eigenvalue weighted by molar-refractivity contribution is 5.71. The van der Waals surface area contributed by atoms with Gasteiger partial charge >= 0.3 is 0 Å². The second-order valence-electron chi connectivity index (χ2n) is 6.82. The summed E-state index contributed by atoms with van der Waals surface area (Å²) < 4.78 is 0. The Hall–Kier alpha value is -4.26. The Morgan fingerprint density at radius 2 is 0.767 bits per heavy atom. The molecular weight excluding hydrogens is 360 g/mol. The van der Waals surface area contributed by atoms with Gasteiger partial charge < -0.3 is 0 Å². The molecule has 4 aromatic rings. The topological polar surface area (TPSA) is 0 Å². The van der Waals surface area contributed by atoms with Crippen molar-refractivity contribution in [1.29, 1.82) is 0 Å². The van der Waals surface area contributed by atoms with Gasteiger partial charge in [0.15, 0.2) is 0 Å². The van der Waals surface area contributed by atoms with Gasteiger partial charge in [-0.15, -0.1) is 0 Å². The van der Waals surface area contributed by atoms with Gasteiger partial charge in [0.25, 0.3) is 0 Å². The third kappa shape index (κ3) is 5.62. The van der Waals surface area contributed by atoms with Crippen LogP contribution in [0.3, 0.4) is 0 Å². The van der Waals surface area contributed by atoms with E-state index in [1.807, 2.05) is 84.9 Å². The molecule has 0 unspecified atom stereocenters. The second-order valence-corrected chi connectivity index (χ2v) is 6.82. The highest BCUT2D eigenvalue weighted by Crippen LogP contribution is 2.14. The zero-order valence-corrected chi connectivity index (χ0v) is 16.5. The first-order chi connectivity index (χ1) is 14.8. The molecule has 0 spiro atoms. The lowest BCUT2D eigenvalue weighted by Crippen LogP contribution is -1.84. The number of benzene rings is 4. The summed E-state index contributed by atoms with van der Waals surface area (Å²) in [6, 6.07) is 36.6. The van der Waals surface area contributed by atoms with E-state index in [4.69, 9.17) is 0 Å².